The topological polar surface area (TPSA) is 124 Å². The van der Waals surface area contributed by atoms with Crippen molar-refractivity contribution in [3.63, 3.8) is 0 Å². The average molecular weight is 264 g/mol. The molecular weight excluding hydrogens is 252 g/mol. The molecular formula is C12H12N2O5. The number of nitrogens with zero attached hydrogens (tertiary/aromatic N) is 2. The first-order valence-electron chi connectivity index (χ1n) is 5.29. The molecule has 0 aliphatic heterocycles. The number of hydrogen-bond donors (Lipinski definition) is 2. The van der Waals surface area contributed by atoms with Crippen molar-refractivity contribution in [2.24, 2.45) is 5.41 Å². The number of Topliss-reactive ketones (excluding diaryl/α,β-unsaturated/α-hetero) is 1. The summed E-state index contributed by atoms with van der Waals surface area (Å²) in [6, 6.07) is 2.45. The highest BCUT2D eigenvalue weighted by atomic mass is 16.6. The number of carbonyl (C=O) groups is 1. The minimum absolute atomic E-state index is 0.345. The number of carbonyl (C=O) groups excluding carboxylic acids is 1. The summed E-state index contributed by atoms with van der Waals surface area (Å²) in [6.07, 6.45) is 0. The number of aromatic hydroxyl groups is 2. The average Bonchev–Trinajstić information content (AvgIpc) is 2.29. The van der Waals surface area contributed by atoms with Gasteiger partial charge in [0, 0.05) is 11.5 Å². The lowest BCUT2D eigenvalue weighted by atomic mass is 9.84. The molecule has 0 spiro atoms. The molecule has 0 aromatic heterocycles. The molecule has 7 heteroatoms. The molecule has 0 bridgehead atoms. The van der Waals surface area contributed by atoms with Gasteiger partial charge in [-0.05, 0) is 0 Å². The van der Waals surface area contributed by atoms with Crippen LogP contribution < -0.4 is 0 Å². The highest BCUT2D eigenvalue weighted by Gasteiger charge is 2.36. The van der Waals surface area contributed by atoms with Crippen LogP contribution in [0.4, 0.5) is 5.69 Å². The molecule has 1 aromatic carbocycles. The lowest BCUT2D eigenvalue weighted by molar-refractivity contribution is -0.386. The van der Waals surface area contributed by atoms with Gasteiger partial charge < -0.3 is 10.2 Å². The highest BCUT2D eigenvalue weighted by molar-refractivity contribution is 6.06. The Morgan fingerprint density at radius 1 is 1.42 bits per heavy atom. The molecule has 1 rings (SSSR count). The molecule has 0 saturated heterocycles. The van der Waals surface area contributed by atoms with Crippen LogP contribution in [-0.2, 0) is 0 Å². The van der Waals surface area contributed by atoms with Gasteiger partial charge in [0.25, 0.3) is 0 Å². The van der Waals surface area contributed by atoms with Crippen molar-refractivity contribution in [2.45, 2.75) is 20.8 Å². The van der Waals surface area contributed by atoms with Crippen molar-refractivity contribution >= 4 is 11.5 Å². The van der Waals surface area contributed by atoms with Crippen LogP contribution in [0.2, 0.25) is 0 Å². The smallest absolute Gasteiger partial charge is 0.326 e. The maximum absolute atomic E-state index is 12.2. The van der Waals surface area contributed by atoms with E-state index in [9.17, 15) is 25.1 Å². The second kappa shape index (κ2) is 4.57. The Hall–Kier alpha value is -2.62. The Morgan fingerprint density at radius 3 is 2.32 bits per heavy atom. The number of nitro groups is 1. The van der Waals surface area contributed by atoms with Gasteiger partial charge in [0.2, 0.25) is 5.75 Å². The quantitative estimate of drug-likeness (QED) is 0.364. The predicted octanol–water partition coefficient (Wildman–Crippen LogP) is 2.11. The fourth-order valence-electron chi connectivity index (χ4n) is 1.52. The summed E-state index contributed by atoms with van der Waals surface area (Å²) >= 11 is 0. The molecule has 0 heterocycles. The minimum Gasteiger partial charge on any atom is -0.504 e. The van der Waals surface area contributed by atoms with Gasteiger partial charge in [0.05, 0.1) is 10.5 Å². The van der Waals surface area contributed by atoms with Crippen LogP contribution in [0.3, 0.4) is 0 Å². The number of nitro benzene ring substituents is 1. The molecule has 1 aromatic rings. The number of rotatable bonds is 2. The molecule has 100 valence electrons. The molecule has 0 amide bonds. The Morgan fingerprint density at radius 2 is 1.95 bits per heavy atom. The molecule has 0 atom stereocenters. The van der Waals surface area contributed by atoms with Gasteiger partial charge in [0.15, 0.2) is 11.5 Å². The van der Waals surface area contributed by atoms with Gasteiger partial charge in [-0.25, -0.2) is 0 Å². The summed E-state index contributed by atoms with van der Waals surface area (Å²) in [6.45, 7) is 4.60. The zero-order valence-electron chi connectivity index (χ0n) is 10.6. The number of phenols is 2. The summed E-state index contributed by atoms with van der Waals surface area (Å²) in [5, 5.41) is 38.8. The van der Waals surface area contributed by atoms with E-state index in [0.29, 0.717) is 0 Å². The third-order valence-corrected chi connectivity index (χ3v) is 2.47. The van der Waals surface area contributed by atoms with Gasteiger partial charge in [-0.1, -0.05) is 20.8 Å². The first kappa shape index (κ1) is 14.4. The third kappa shape index (κ3) is 2.47. The monoisotopic (exact) mass is 264 g/mol. The van der Waals surface area contributed by atoms with Crippen molar-refractivity contribution in [1.29, 1.82) is 5.26 Å². The van der Waals surface area contributed by atoms with E-state index < -0.39 is 38.9 Å². The van der Waals surface area contributed by atoms with Crippen LogP contribution in [0.15, 0.2) is 6.07 Å². The summed E-state index contributed by atoms with van der Waals surface area (Å²) in [4.78, 5) is 22.2. The van der Waals surface area contributed by atoms with E-state index in [4.69, 9.17) is 5.26 Å². The molecule has 0 fully saturated rings. The zero-order chi connectivity index (χ0) is 15.0. The summed E-state index contributed by atoms with van der Waals surface area (Å²) in [7, 11) is 0. The summed E-state index contributed by atoms with van der Waals surface area (Å²) < 4.78 is 0. The lowest BCUT2D eigenvalue weighted by Gasteiger charge is -2.17. The van der Waals surface area contributed by atoms with Crippen molar-refractivity contribution in [3.8, 4) is 17.6 Å². The molecule has 0 radical (unpaired) electrons. The fraction of sp³-hybridized carbons (Fsp3) is 0.333. The standard InChI is InChI=1S/C12H12N2O5/c1-12(2,3)11(17)8-6(5-13)4-7(15)10(16)9(8)14(18)19/h4,15-16H,1-3H3. The maximum atomic E-state index is 12.2. The van der Waals surface area contributed by atoms with Crippen LogP contribution >= 0.6 is 0 Å². The number of hydrogen-bond acceptors (Lipinski definition) is 6. The Bertz CT molecular complexity index is 608. The number of ketones is 1. The second-order valence-corrected chi connectivity index (χ2v) is 4.96. The fourth-order valence-corrected chi connectivity index (χ4v) is 1.52. The van der Waals surface area contributed by atoms with E-state index in [2.05, 4.69) is 0 Å². The summed E-state index contributed by atoms with van der Waals surface area (Å²) in [5.74, 6) is -2.49. The van der Waals surface area contributed by atoms with Crippen molar-refractivity contribution in [2.75, 3.05) is 0 Å². The molecule has 2 N–H and O–H groups in total. The van der Waals surface area contributed by atoms with E-state index >= 15 is 0 Å². The predicted molar refractivity (Wildman–Crippen MR) is 64.9 cm³/mol. The van der Waals surface area contributed by atoms with Crippen molar-refractivity contribution in [3.05, 3.63) is 27.3 Å². The normalized spacial score (nSPS) is 10.8. The van der Waals surface area contributed by atoms with E-state index in [0.717, 1.165) is 6.07 Å². The molecule has 7 nitrogen and oxygen atoms in total. The van der Waals surface area contributed by atoms with E-state index in [1.807, 2.05) is 0 Å². The van der Waals surface area contributed by atoms with E-state index in [1.54, 1.807) is 6.07 Å². The first-order valence-corrected chi connectivity index (χ1v) is 5.29. The van der Waals surface area contributed by atoms with Crippen LogP contribution in [0.1, 0.15) is 36.7 Å². The second-order valence-electron chi connectivity index (χ2n) is 4.96. The SMILES string of the molecule is CC(C)(C)C(=O)c1c(C#N)cc(O)c(O)c1[N+](=O)[O-]. The van der Waals surface area contributed by atoms with E-state index in [-0.39, 0.29) is 5.56 Å². The Labute approximate surface area is 108 Å². The van der Waals surface area contributed by atoms with E-state index in [1.165, 1.54) is 20.8 Å². The molecule has 19 heavy (non-hydrogen) atoms. The van der Waals surface area contributed by atoms with Gasteiger partial charge in [0.1, 0.15) is 11.6 Å². The van der Waals surface area contributed by atoms with Gasteiger partial charge >= 0.3 is 5.69 Å². The van der Waals surface area contributed by atoms with Crippen molar-refractivity contribution in [1.82, 2.24) is 0 Å². The van der Waals surface area contributed by atoms with Crippen molar-refractivity contribution < 1.29 is 19.9 Å². The van der Waals surface area contributed by atoms with Crippen LogP contribution in [-0.4, -0.2) is 20.9 Å². The van der Waals surface area contributed by atoms with Crippen LogP contribution in [0.25, 0.3) is 0 Å². The highest BCUT2D eigenvalue weighted by Crippen LogP contribution is 2.42. The van der Waals surface area contributed by atoms with Gasteiger partial charge in [-0.15, -0.1) is 0 Å². The Kier molecular flexibility index (Phi) is 3.47. The molecule has 0 aliphatic rings. The number of phenolic OH excluding ortho intramolecular Hbond substituents is 2. The molecule has 0 unspecified atom stereocenters. The van der Waals surface area contributed by atoms with Gasteiger partial charge in [-0.2, -0.15) is 5.26 Å². The zero-order valence-corrected chi connectivity index (χ0v) is 10.6. The number of nitriles is 1. The maximum Gasteiger partial charge on any atom is 0.326 e. The minimum atomic E-state index is -1.02. The van der Waals surface area contributed by atoms with Gasteiger partial charge in [-0.3, -0.25) is 14.9 Å². The third-order valence-electron chi connectivity index (χ3n) is 2.47. The largest absolute Gasteiger partial charge is 0.504 e. The van der Waals surface area contributed by atoms with Crippen LogP contribution in [0, 0.1) is 26.9 Å². The molecule has 0 aliphatic carbocycles. The first-order chi connectivity index (χ1) is 8.61. The number of benzene rings is 1. The Balaban J connectivity index is 3.81. The molecule has 0 saturated carbocycles. The lowest BCUT2D eigenvalue weighted by Crippen LogP contribution is -2.22. The van der Waals surface area contributed by atoms with Crippen LogP contribution in [0.5, 0.6) is 11.5 Å². The summed E-state index contributed by atoms with van der Waals surface area (Å²) in [5.41, 5.74) is -2.76.